The van der Waals surface area contributed by atoms with Gasteiger partial charge in [-0.1, -0.05) is 6.08 Å². The summed E-state index contributed by atoms with van der Waals surface area (Å²) in [6, 6.07) is 0. The van der Waals surface area contributed by atoms with E-state index in [1.165, 1.54) is 32.0 Å². The van der Waals surface area contributed by atoms with Crippen molar-refractivity contribution in [3.05, 3.63) is 12.2 Å². The second-order valence-electron chi connectivity index (χ2n) is 3.08. The van der Waals surface area contributed by atoms with Crippen LogP contribution >= 0.6 is 0 Å². The lowest BCUT2D eigenvalue weighted by Gasteiger charge is -2.11. The second-order valence-corrected chi connectivity index (χ2v) is 3.08. The third-order valence-corrected chi connectivity index (χ3v) is 2.07. The average Bonchev–Trinajstić information content (AvgIpc) is 2.49. The van der Waals surface area contributed by atoms with E-state index in [2.05, 4.69) is 4.90 Å². The fourth-order valence-corrected chi connectivity index (χ4v) is 1.45. The number of hydrogen-bond donors (Lipinski definition) is 1. The lowest BCUT2D eigenvalue weighted by molar-refractivity contribution is -0.131. The van der Waals surface area contributed by atoms with Crippen LogP contribution in [0.5, 0.6) is 0 Å². The number of hydrogen-bond acceptors (Lipinski definition) is 2. The molecule has 0 aromatic heterocycles. The molecule has 3 heteroatoms. The van der Waals surface area contributed by atoms with Crippen LogP contribution in [0, 0.1) is 0 Å². The van der Waals surface area contributed by atoms with Crippen LogP contribution in [0.15, 0.2) is 12.2 Å². The second kappa shape index (κ2) is 4.93. The minimum absolute atomic E-state index is 0.851. The van der Waals surface area contributed by atoms with E-state index in [4.69, 9.17) is 5.11 Å². The van der Waals surface area contributed by atoms with Gasteiger partial charge in [0.15, 0.2) is 0 Å². The summed E-state index contributed by atoms with van der Waals surface area (Å²) in [6.45, 7) is 3.37. The number of carbonyl (C=O) groups is 1. The van der Waals surface area contributed by atoms with Crippen LogP contribution in [0.3, 0.4) is 0 Å². The molecule has 0 spiro atoms. The molecule has 1 saturated heterocycles. The van der Waals surface area contributed by atoms with Gasteiger partial charge in [0.2, 0.25) is 0 Å². The summed E-state index contributed by atoms with van der Waals surface area (Å²) < 4.78 is 0. The molecule has 1 fully saturated rings. The number of likely N-dealkylation sites (tertiary alicyclic amines) is 1. The minimum Gasteiger partial charge on any atom is -0.478 e. The Balaban J connectivity index is 2.05. The van der Waals surface area contributed by atoms with Crippen molar-refractivity contribution in [2.45, 2.75) is 19.3 Å². The Labute approximate surface area is 72.7 Å². The Hall–Kier alpha value is -0.830. The lowest BCUT2D eigenvalue weighted by atomic mass is 10.3. The number of aliphatic carboxylic acids is 1. The van der Waals surface area contributed by atoms with Crippen LogP contribution in [0.2, 0.25) is 0 Å². The molecule has 1 heterocycles. The van der Waals surface area contributed by atoms with Crippen LogP contribution < -0.4 is 0 Å². The van der Waals surface area contributed by atoms with Gasteiger partial charge in [0.1, 0.15) is 0 Å². The molecule has 1 aliphatic rings. The van der Waals surface area contributed by atoms with Gasteiger partial charge in [0.25, 0.3) is 0 Å². The third kappa shape index (κ3) is 3.53. The molecule has 0 unspecified atom stereocenters. The van der Waals surface area contributed by atoms with Gasteiger partial charge in [0, 0.05) is 12.6 Å². The normalized spacial score (nSPS) is 19.0. The Morgan fingerprint density at radius 1 is 1.42 bits per heavy atom. The van der Waals surface area contributed by atoms with Crippen molar-refractivity contribution >= 4 is 5.97 Å². The summed E-state index contributed by atoms with van der Waals surface area (Å²) in [4.78, 5) is 12.5. The summed E-state index contributed by atoms with van der Waals surface area (Å²) in [5.74, 6) is -0.851. The Kier molecular flexibility index (Phi) is 3.80. The van der Waals surface area contributed by atoms with E-state index in [1.54, 1.807) is 6.08 Å². The van der Waals surface area contributed by atoms with Gasteiger partial charge < -0.3 is 10.0 Å². The van der Waals surface area contributed by atoms with Gasteiger partial charge in [0.05, 0.1) is 0 Å². The summed E-state index contributed by atoms with van der Waals surface area (Å²) in [5, 5.41) is 8.31. The van der Waals surface area contributed by atoms with Gasteiger partial charge >= 0.3 is 5.97 Å². The molecule has 12 heavy (non-hydrogen) atoms. The highest BCUT2D eigenvalue weighted by atomic mass is 16.4. The first-order valence-corrected chi connectivity index (χ1v) is 4.41. The first kappa shape index (κ1) is 9.26. The Morgan fingerprint density at radius 2 is 2.08 bits per heavy atom. The fraction of sp³-hybridized carbons (Fsp3) is 0.667. The highest BCUT2D eigenvalue weighted by Crippen LogP contribution is 2.07. The van der Waals surface area contributed by atoms with E-state index in [-0.39, 0.29) is 0 Å². The molecule has 0 aliphatic carbocycles. The van der Waals surface area contributed by atoms with E-state index in [0.29, 0.717) is 0 Å². The molecule has 68 valence electrons. The third-order valence-electron chi connectivity index (χ3n) is 2.07. The van der Waals surface area contributed by atoms with Gasteiger partial charge in [-0.15, -0.1) is 0 Å². The number of carboxylic acid groups (broad SMARTS) is 1. The van der Waals surface area contributed by atoms with Gasteiger partial charge in [-0.3, -0.25) is 0 Å². The van der Waals surface area contributed by atoms with Gasteiger partial charge in [-0.05, 0) is 32.4 Å². The van der Waals surface area contributed by atoms with Crippen molar-refractivity contribution in [1.29, 1.82) is 0 Å². The monoisotopic (exact) mass is 169 g/mol. The summed E-state index contributed by atoms with van der Waals surface area (Å²) in [7, 11) is 0. The fourth-order valence-electron chi connectivity index (χ4n) is 1.45. The highest BCUT2D eigenvalue weighted by Gasteiger charge is 2.09. The van der Waals surface area contributed by atoms with Crippen molar-refractivity contribution in [2.24, 2.45) is 0 Å². The molecule has 1 rings (SSSR count). The molecular weight excluding hydrogens is 154 g/mol. The van der Waals surface area contributed by atoms with E-state index >= 15 is 0 Å². The number of nitrogens with zero attached hydrogens (tertiary/aromatic N) is 1. The summed E-state index contributed by atoms with van der Waals surface area (Å²) in [5.41, 5.74) is 0. The molecule has 1 aliphatic heterocycles. The quantitative estimate of drug-likeness (QED) is 0.641. The standard InChI is InChI=1S/C9H15NO2/c11-9(12)5-1-2-6-10-7-3-4-8-10/h1,5H,2-4,6-8H2,(H,11,12)/b5-1+. The predicted octanol–water partition coefficient (Wildman–Crippen LogP) is 1.11. The Bertz CT molecular complexity index is 171. The van der Waals surface area contributed by atoms with Crippen LogP contribution in [-0.4, -0.2) is 35.6 Å². The maximum absolute atomic E-state index is 10.1. The van der Waals surface area contributed by atoms with E-state index < -0.39 is 5.97 Å². The Morgan fingerprint density at radius 3 is 2.67 bits per heavy atom. The molecule has 0 atom stereocenters. The van der Waals surface area contributed by atoms with E-state index in [1.807, 2.05) is 0 Å². The lowest BCUT2D eigenvalue weighted by Crippen LogP contribution is -2.19. The molecule has 3 nitrogen and oxygen atoms in total. The molecule has 0 amide bonds. The summed E-state index contributed by atoms with van der Waals surface area (Å²) in [6.07, 6.45) is 6.38. The zero-order chi connectivity index (χ0) is 8.81. The van der Waals surface area contributed by atoms with Crippen LogP contribution in [-0.2, 0) is 4.79 Å². The molecule has 0 aromatic carbocycles. The van der Waals surface area contributed by atoms with Crippen LogP contribution in [0.4, 0.5) is 0 Å². The van der Waals surface area contributed by atoms with Gasteiger partial charge in [-0.25, -0.2) is 4.79 Å². The first-order chi connectivity index (χ1) is 5.79. The van der Waals surface area contributed by atoms with Crippen molar-refractivity contribution in [3.8, 4) is 0 Å². The first-order valence-electron chi connectivity index (χ1n) is 4.41. The predicted molar refractivity (Wildman–Crippen MR) is 47.1 cm³/mol. The molecule has 0 radical (unpaired) electrons. The smallest absolute Gasteiger partial charge is 0.327 e. The average molecular weight is 169 g/mol. The maximum Gasteiger partial charge on any atom is 0.327 e. The maximum atomic E-state index is 10.1. The van der Waals surface area contributed by atoms with Gasteiger partial charge in [-0.2, -0.15) is 0 Å². The van der Waals surface area contributed by atoms with Crippen molar-refractivity contribution in [2.75, 3.05) is 19.6 Å². The van der Waals surface area contributed by atoms with Crippen molar-refractivity contribution < 1.29 is 9.90 Å². The zero-order valence-corrected chi connectivity index (χ0v) is 7.20. The molecule has 1 N–H and O–H groups in total. The SMILES string of the molecule is O=C(O)/C=C/CCN1CCCC1. The number of carboxylic acids is 1. The minimum atomic E-state index is -0.851. The van der Waals surface area contributed by atoms with Crippen molar-refractivity contribution in [3.63, 3.8) is 0 Å². The highest BCUT2D eigenvalue weighted by molar-refractivity contribution is 5.79. The van der Waals surface area contributed by atoms with E-state index in [0.717, 1.165) is 13.0 Å². The molecular formula is C9H15NO2. The largest absolute Gasteiger partial charge is 0.478 e. The van der Waals surface area contributed by atoms with Crippen molar-refractivity contribution in [1.82, 2.24) is 4.90 Å². The number of rotatable bonds is 4. The molecule has 0 bridgehead atoms. The van der Waals surface area contributed by atoms with Crippen LogP contribution in [0.1, 0.15) is 19.3 Å². The zero-order valence-electron chi connectivity index (χ0n) is 7.20. The molecule has 0 aromatic rings. The topological polar surface area (TPSA) is 40.5 Å². The summed E-state index contributed by atoms with van der Waals surface area (Å²) >= 11 is 0. The van der Waals surface area contributed by atoms with Crippen LogP contribution in [0.25, 0.3) is 0 Å². The molecule has 0 saturated carbocycles. The van der Waals surface area contributed by atoms with E-state index in [9.17, 15) is 4.79 Å².